The summed E-state index contributed by atoms with van der Waals surface area (Å²) in [6.07, 6.45) is 2.21. The monoisotopic (exact) mass is 300 g/mol. The average Bonchev–Trinajstić information content (AvgIpc) is 2.80. The van der Waals surface area contributed by atoms with Gasteiger partial charge in [-0.2, -0.15) is 0 Å². The number of carbonyl (C=O) groups excluding carboxylic acids is 1. The van der Waals surface area contributed by atoms with Gasteiger partial charge in [-0.1, -0.05) is 18.2 Å². The summed E-state index contributed by atoms with van der Waals surface area (Å²) in [6, 6.07) is 7.94. The number of aromatic nitrogens is 3. The van der Waals surface area contributed by atoms with E-state index in [2.05, 4.69) is 9.97 Å². The number of aryl methyl sites for hydroxylation is 1. The lowest BCUT2D eigenvalue weighted by Crippen LogP contribution is -2.22. The van der Waals surface area contributed by atoms with Crippen LogP contribution in [0.4, 0.5) is 0 Å². The lowest BCUT2D eigenvalue weighted by molar-refractivity contribution is -0.128. The number of H-pyrrole nitrogens is 1. The second-order valence-corrected chi connectivity index (χ2v) is 5.54. The molecule has 0 fully saturated rings. The minimum absolute atomic E-state index is 0.0876. The molecule has 6 heteroatoms. The van der Waals surface area contributed by atoms with Crippen LogP contribution in [0.2, 0.25) is 0 Å². The summed E-state index contributed by atoms with van der Waals surface area (Å²) in [6.45, 7) is 0.559. The van der Waals surface area contributed by atoms with Gasteiger partial charge in [0, 0.05) is 32.4 Å². The van der Waals surface area contributed by atoms with Crippen LogP contribution in [0.5, 0.6) is 0 Å². The zero-order valence-electron chi connectivity index (χ0n) is 12.0. The smallest absolute Gasteiger partial charge is 0.223 e. The van der Waals surface area contributed by atoms with Gasteiger partial charge in [-0.15, -0.1) is 0 Å². The zero-order chi connectivity index (χ0) is 15.0. The van der Waals surface area contributed by atoms with E-state index in [0.29, 0.717) is 17.7 Å². The molecule has 0 unspecified atom stereocenters. The molecule has 1 N–H and O–H groups in total. The largest absolute Gasteiger partial charge is 0.349 e. The van der Waals surface area contributed by atoms with Crippen LogP contribution < -0.4 is 0 Å². The quantitative estimate of drug-likeness (QED) is 0.757. The Hall–Kier alpha value is -2.21. The normalized spacial score (nSPS) is 11.1. The van der Waals surface area contributed by atoms with Crippen LogP contribution in [0.15, 0.2) is 30.5 Å². The molecule has 0 aliphatic heterocycles. The van der Waals surface area contributed by atoms with Crippen LogP contribution in [0.25, 0.3) is 21.9 Å². The van der Waals surface area contributed by atoms with Gasteiger partial charge in [-0.3, -0.25) is 9.78 Å². The number of hydrogen-bond donors (Lipinski definition) is 1. The Morgan fingerprint density at radius 3 is 2.90 bits per heavy atom. The van der Waals surface area contributed by atoms with E-state index in [0.717, 1.165) is 21.9 Å². The Morgan fingerprint density at radius 1 is 1.38 bits per heavy atom. The summed E-state index contributed by atoms with van der Waals surface area (Å²) >= 11 is 5.39. The summed E-state index contributed by atoms with van der Waals surface area (Å²) in [5.74, 6) is 0.0876. The molecule has 3 aromatic rings. The lowest BCUT2D eigenvalue weighted by Gasteiger charge is -2.11. The van der Waals surface area contributed by atoms with E-state index in [1.54, 1.807) is 25.2 Å². The minimum Gasteiger partial charge on any atom is -0.349 e. The Labute approximate surface area is 127 Å². The number of hydrogen-bond acceptors (Lipinski definition) is 3. The molecule has 0 aliphatic rings. The minimum atomic E-state index is 0.0876. The first-order valence-electron chi connectivity index (χ1n) is 6.74. The standard InChI is InChI=1S/C15H16N4OS/c1-18(2)13(20)7-8-19-14-10-5-3-4-6-11(10)16-9-12(14)17-15(19)21/h3-6,9H,7-8H2,1-2H3,(H,17,21). The topological polar surface area (TPSA) is 53.9 Å². The van der Waals surface area contributed by atoms with Gasteiger partial charge < -0.3 is 14.5 Å². The second kappa shape index (κ2) is 5.29. The molecule has 0 bridgehead atoms. The molecular formula is C15H16N4OS. The van der Waals surface area contributed by atoms with Crippen LogP contribution in [-0.4, -0.2) is 39.4 Å². The maximum Gasteiger partial charge on any atom is 0.223 e. The first kappa shape index (κ1) is 13.8. The van der Waals surface area contributed by atoms with Gasteiger partial charge in [0.2, 0.25) is 5.91 Å². The summed E-state index contributed by atoms with van der Waals surface area (Å²) in [4.78, 5) is 21.0. The average molecular weight is 300 g/mol. The highest BCUT2D eigenvalue weighted by Crippen LogP contribution is 2.23. The van der Waals surface area contributed by atoms with Crippen LogP contribution in [-0.2, 0) is 11.3 Å². The number of fused-ring (bicyclic) bond motifs is 3. The van der Waals surface area contributed by atoms with Crippen LogP contribution in [0.1, 0.15) is 6.42 Å². The number of para-hydroxylation sites is 1. The zero-order valence-corrected chi connectivity index (χ0v) is 12.8. The van der Waals surface area contributed by atoms with E-state index in [1.165, 1.54) is 0 Å². The fourth-order valence-corrected chi connectivity index (χ4v) is 2.73. The molecule has 0 saturated heterocycles. The predicted molar refractivity (Wildman–Crippen MR) is 85.7 cm³/mol. The van der Waals surface area contributed by atoms with Crippen molar-refractivity contribution in [3.8, 4) is 0 Å². The fourth-order valence-electron chi connectivity index (χ4n) is 2.44. The van der Waals surface area contributed by atoms with Crippen molar-refractivity contribution in [3.63, 3.8) is 0 Å². The molecule has 0 radical (unpaired) electrons. The third kappa shape index (κ3) is 2.42. The van der Waals surface area contributed by atoms with Gasteiger partial charge in [-0.25, -0.2) is 0 Å². The van der Waals surface area contributed by atoms with Gasteiger partial charge in [0.15, 0.2) is 4.77 Å². The highest BCUT2D eigenvalue weighted by Gasteiger charge is 2.11. The van der Waals surface area contributed by atoms with Crippen molar-refractivity contribution in [2.24, 2.45) is 0 Å². The van der Waals surface area contributed by atoms with E-state index >= 15 is 0 Å². The van der Waals surface area contributed by atoms with Crippen molar-refractivity contribution >= 4 is 40.1 Å². The Bertz CT molecular complexity index is 878. The lowest BCUT2D eigenvalue weighted by atomic mass is 10.2. The number of aromatic amines is 1. The molecule has 21 heavy (non-hydrogen) atoms. The molecule has 0 spiro atoms. The van der Waals surface area contributed by atoms with Gasteiger partial charge in [-0.05, 0) is 18.3 Å². The van der Waals surface area contributed by atoms with Gasteiger partial charge >= 0.3 is 0 Å². The molecule has 1 aromatic carbocycles. The third-order valence-corrected chi connectivity index (χ3v) is 3.87. The number of rotatable bonds is 3. The first-order chi connectivity index (χ1) is 10.1. The van der Waals surface area contributed by atoms with Gasteiger partial charge in [0.05, 0.1) is 22.7 Å². The number of benzene rings is 1. The fraction of sp³-hybridized carbons (Fsp3) is 0.267. The first-order valence-corrected chi connectivity index (χ1v) is 7.15. The maximum absolute atomic E-state index is 11.8. The Kier molecular flexibility index (Phi) is 3.47. The van der Waals surface area contributed by atoms with Crippen molar-refractivity contribution < 1.29 is 4.79 Å². The highest BCUT2D eigenvalue weighted by atomic mass is 32.1. The van der Waals surface area contributed by atoms with Crippen molar-refractivity contribution in [1.29, 1.82) is 0 Å². The summed E-state index contributed by atoms with van der Waals surface area (Å²) in [5, 5.41) is 1.04. The number of nitrogens with one attached hydrogen (secondary N) is 1. The Morgan fingerprint density at radius 2 is 2.14 bits per heavy atom. The summed E-state index contributed by atoms with van der Waals surface area (Å²) in [7, 11) is 3.52. The molecule has 2 aromatic heterocycles. The number of pyridine rings is 1. The van der Waals surface area contributed by atoms with E-state index in [9.17, 15) is 4.79 Å². The number of carbonyl (C=O) groups is 1. The molecule has 1 amide bonds. The van der Waals surface area contributed by atoms with Crippen LogP contribution in [0, 0.1) is 4.77 Å². The van der Waals surface area contributed by atoms with Crippen molar-refractivity contribution in [1.82, 2.24) is 19.4 Å². The maximum atomic E-state index is 11.8. The summed E-state index contributed by atoms with van der Waals surface area (Å²) in [5.41, 5.74) is 2.83. The van der Waals surface area contributed by atoms with Crippen LogP contribution in [0.3, 0.4) is 0 Å². The third-order valence-electron chi connectivity index (χ3n) is 3.55. The molecule has 2 heterocycles. The molecule has 108 valence electrons. The van der Waals surface area contributed by atoms with E-state index in [1.807, 2.05) is 28.8 Å². The number of nitrogens with zero attached hydrogens (tertiary/aromatic N) is 3. The van der Waals surface area contributed by atoms with Gasteiger partial charge in [0.25, 0.3) is 0 Å². The Balaban J connectivity index is 2.13. The molecular weight excluding hydrogens is 284 g/mol. The van der Waals surface area contributed by atoms with Crippen molar-refractivity contribution in [2.45, 2.75) is 13.0 Å². The molecule has 0 aliphatic carbocycles. The van der Waals surface area contributed by atoms with Crippen molar-refractivity contribution in [3.05, 3.63) is 35.2 Å². The second-order valence-electron chi connectivity index (χ2n) is 5.16. The van der Waals surface area contributed by atoms with Crippen LogP contribution >= 0.6 is 12.2 Å². The molecule has 3 rings (SSSR count). The van der Waals surface area contributed by atoms with Gasteiger partial charge in [0.1, 0.15) is 0 Å². The van der Waals surface area contributed by atoms with E-state index < -0.39 is 0 Å². The predicted octanol–water partition coefficient (Wildman–Crippen LogP) is 2.73. The molecule has 0 saturated carbocycles. The van der Waals surface area contributed by atoms with E-state index in [4.69, 9.17) is 12.2 Å². The summed E-state index contributed by atoms with van der Waals surface area (Å²) < 4.78 is 2.60. The number of amides is 1. The molecule has 0 atom stereocenters. The van der Waals surface area contributed by atoms with E-state index in [-0.39, 0.29) is 5.91 Å². The number of imidazole rings is 1. The molecule has 5 nitrogen and oxygen atoms in total. The highest BCUT2D eigenvalue weighted by molar-refractivity contribution is 7.71. The van der Waals surface area contributed by atoms with Crippen molar-refractivity contribution in [2.75, 3.05) is 14.1 Å². The SMILES string of the molecule is CN(C)C(=O)CCn1c(=S)[nH]c2cnc3ccccc3c21.